The van der Waals surface area contributed by atoms with Crippen LogP contribution >= 0.6 is 11.6 Å². The Labute approximate surface area is 107 Å². The number of nitrogen functional groups attached to an aromatic ring is 1. The Morgan fingerprint density at radius 2 is 1.82 bits per heavy atom. The molecule has 17 heavy (non-hydrogen) atoms. The maximum atomic E-state index is 6.19. The maximum Gasteiger partial charge on any atom is 0.0830 e. The van der Waals surface area contributed by atoms with E-state index in [1.807, 2.05) is 42.3 Å². The molecule has 0 saturated heterocycles. The molecule has 2 aromatic carbocycles. The standard InChI is InChI=1S/C14H15ClN2/c1-10-5-3-6-11(9-10)17(2)14-12(15)7-4-8-13(14)16/h3-9H,16H2,1-2H3. The Morgan fingerprint density at radius 1 is 1.12 bits per heavy atom. The monoisotopic (exact) mass is 246 g/mol. The molecule has 0 radical (unpaired) electrons. The van der Waals surface area contributed by atoms with Crippen molar-refractivity contribution in [2.75, 3.05) is 17.7 Å². The van der Waals surface area contributed by atoms with Crippen LogP contribution < -0.4 is 10.6 Å². The fourth-order valence-electron chi connectivity index (χ4n) is 1.85. The fraction of sp³-hybridized carbons (Fsp3) is 0.143. The lowest BCUT2D eigenvalue weighted by Crippen LogP contribution is -2.12. The number of aryl methyl sites for hydroxylation is 1. The molecule has 2 rings (SSSR count). The molecule has 0 heterocycles. The minimum absolute atomic E-state index is 0.661. The fourth-order valence-corrected chi connectivity index (χ4v) is 2.16. The highest BCUT2D eigenvalue weighted by Crippen LogP contribution is 2.35. The van der Waals surface area contributed by atoms with Gasteiger partial charge in [0, 0.05) is 12.7 Å². The van der Waals surface area contributed by atoms with Crippen LogP contribution in [0.25, 0.3) is 0 Å². The minimum atomic E-state index is 0.661. The molecule has 0 spiro atoms. The molecular formula is C14H15ClN2. The molecule has 0 aliphatic heterocycles. The number of anilines is 3. The zero-order chi connectivity index (χ0) is 12.4. The van der Waals surface area contributed by atoms with Crippen LogP contribution in [0.15, 0.2) is 42.5 Å². The summed E-state index contributed by atoms with van der Waals surface area (Å²) in [5, 5.41) is 0.661. The van der Waals surface area contributed by atoms with Gasteiger partial charge in [-0.15, -0.1) is 0 Å². The lowest BCUT2D eigenvalue weighted by molar-refractivity contribution is 1.20. The van der Waals surface area contributed by atoms with E-state index in [0.717, 1.165) is 11.4 Å². The molecule has 2 nitrogen and oxygen atoms in total. The van der Waals surface area contributed by atoms with E-state index >= 15 is 0 Å². The molecule has 0 bridgehead atoms. The second-order valence-electron chi connectivity index (χ2n) is 4.08. The number of halogens is 1. The van der Waals surface area contributed by atoms with Gasteiger partial charge in [-0.3, -0.25) is 0 Å². The van der Waals surface area contributed by atoms with E-state index in [9.17, 15) is 0 Å². The van der Waals surface area contributed by atoms with Crippen LogP contribution in [-0.4, -0.2) is 7.05 Å². The number of hydrogen-bond donors (Lipinski definition) is 1. The van der Waals surface area contributed by atoms with Gasteiger partial charge in [0.2, 0.25) is 0 Å². The van der Waals surface area contributed by atoms with Gasteiger partial charge in [-0.05, 0) is 36.8 Å². The normalized spacial score (nSPS) is 10.3. The number of para-hydroxylation sites is 1. The Morgan fingerprint density at radius 3 is 2.47 bits per heavy atom. The summed E-state index contributed by atoms with van der Waals surface area (Å²) in [6.45, 7) is 2.06. The molecule has 0 fully saturated rings. The molecule has 0 unspecified atom stereocenters. The maximum absolute atomic E-state index is 6.19. The quantitative estimate of drug-likeness (QED) is 0.812. The van der Waals surface area contributed by atoms with E-state index in [1.54, 1.807) is 0 Å². The summed E-state index contributed by atoms with van der Waals surface area (Å²) in [4.78, 5) is 2.00. The summed E-state index contributed by atoms with van der Waals surface area (Å²) in [7, 11) is 1.96. The molecule has 0 aliphatic carbocycles. The molecule has 88 valence electrons. The first kappa shape index (κ1) is 11.8. The highest BCUT2D eigenvalue weighted by molar-refractivity contribution is 6.34. The molecule has 0 aromatic heterocycles. The molecule has 2 aromatic rings. The first-order valence-corrected chi connectivity index (χ1v) is 5.82. The number of nitrogens with zero attached hydrogens (tertiary/aromatic N) is 1. The van der Waals surface area contributed by atoms with Gasteiger partial charge in [0.15, 0.2) is 0 Å². The van der Waals surface area contributed by atoms with Crippen LogP contribution in [0.3, 0.4) is 0 Å². The number of nitrogens with two attached hydrogens (primary N) is 1. The average molecular weight is 247 g/mol. The van der Waals surface area contributed by atoms with Gasteiger partial charge in [0.05, 0.1) is 16.4 Å². The summed E-state index contributed by atoms with van der Waals surface area (Å²) in [5.74, 6) is 0. The van der Waals surface area contributed by atoms with Crippen LogP contribution in [0.2, 0.25) is 5.02 Å². The third-order valence-corrected chi connectivity index (χ3v) is 3.05. The molecular weight excluding hydrogens is 232 g/mol. The summed E-state index contributed by atoms with van der Waals surface area (Å²) in [6.07, 6.45) is 0. The van der Waals surface area contributed by atoms with E-state index in [2.05, 4.69) is 19.1 Å². The lowest BCUT2D eigenvalue weighted by atomic mass is 10.2. The topological polar surface area (TPSA) is 29.3 Å². The Bertz CT molecular complexity index is 517. The van der Waals surface area contributed by atoms with E-state index in [1.165, 1.54) is 5.56 Å². The zero-order valence-electron chi connectivity index (χ0n) is 9.94. The van der Waals surface area contributed by atoms with Crippen LogP contribution in [0, 0.1) is 6.92 Å². The molecule has 0 amide bonds. The van der Waals surface area contributed by atoms with Gasteiger partial charge in [-0.25, -0.2) is 0 Å². The summed E-state index contributed by atoms with van der Waals surface area (Å²) >= 11 is 6.19. The smallest absolute Gasteiger partial charge is 0.0830 e. The van der Waals surface area contributed by atoms with Crippen molar-refractivity contribution < 1.29 is 0 Å². The van der Waals surface area contributed by atoms with Crippen LogP contribution in [0.1, 0.15) is 5.56 Å². The predicted molar refractivity (Wildman–Crippen MR) is 75.1 cm³/mol. The van der Waals surface area contributed by atoms with Gasteiger partial charge < -0.3 is 10.6 Å². The number of benzene rings is 2. The van der Waals surface area contributed by atoms with Gasteiger partial charge in [0.1, 0.15) is 0 Å². The third kappa shape index (κ3) is 2.37. The molecule has 0 aliphatic rings. The van der Waals surface area contributed by atoms with Gasteiger partial charge in [0.25, 0.3) is 0 Å². The SMILES string of the molecule is Cc1cccc(N(C)c2c(N)cccc2Cl)c1. The zero-order valence-corrected chi connectivity index (χ0v) is 10.7. The van der Waals surface area contributed by atoms with E-state index in [4.69, 9.17) is 17.3 Å². The Balaban J connectivity index is 2.47. The molecule has 3 heteroatoms. The van der Waals surface area contributed by atoms with Crippen molar-refractivity contribution in [3.05, 3.63) is 53.1 Å². The second kappa shape index (κ2) is 4.68. The minimum Gasteiger partial charge on any atom is -0.397 e. The Kier molecular flexibility index (Phi) is 3.25. The lowest BCUT2D eigenvalue weighted by Gasteiger charge is -2.22. The van der Waals surface area contributed by atoms with E-state index < -0.39 is 0 Å². The predicted octanol–water partition coefficient (Wildman–Crippen LogP) is 4.00. The highest BCUT2D eigenvalue weighted by Gasteiger charge is 2.11. The van der Waals surface area contributed by atoms with Crippen molar-refractivity contribution in [2.45, 2.75) is 6.92 Å². The summed E-state index contributed by atoms with van der Waals surface area (Å²) in [5.41, 5.74) is 9.78. The molecule has 0 atom stereocenters. The molecule has 2 N–H and O–H groups in total. The molecule has 0 saturated carbocycles. The number of hydrogen-bond acceptors (Lipinski definition) is 2. The second-order valence-corrected chi connectivity index (χ2v) is 4.48. The van der Waals surface area contributed by atoms with Crippen molar-refractivity contribution in [3.63, 3.8) is 0 Å². The third-order valence-electron chi connectivity index (χ3n) is 2.74. The van der Waals surface area contributed by atoms with E-state index in [0.29, 0.717) is 10.7 Å². The van der Waals surface area contributed by atoms with Crippen LogP contribution in [0.5, 0.6) is 0 Å². The van der Waals surface area contributed by atoms with Crippen molar-refractivity contribution in [3.8, 4) is 0 Å². The summed E-state index contributed by atoms with van der Waals surface area (Å²) in [6, 6.07) is 13.8. The number of rotatable bonds is 2. The highest BCUT2D eigenvalue weighted by atomic mass is 35.5. The first-order valence-electron chi connectivity index (χ1n) is 5.44. The van der Waals surface area contributed by atoms with Gasteiger partial charge >= 0.3 is 0 Å². The average Bonchev–Trinajstić information content (AvgIpc) is 2.28. The van der Waals surface area contributed by atoms with Crippen LogP contribution in [0.4, 0.5) is 17.1 Å². The van der Waals surface area contributed by atoms with Gasteiger partial charge in [-0.2, -0.15) is 0 Å². The Hall–Kier alpha value is -1.67. The largest absolute Gasteiger partial charge is 0.397 e. The van der Waals surface area contributed by atoms with Crippen molar-refractivity contribution in [1.82, 2.24) is 0 Å². The van der Waals surface area contributed by atoms with E-state index in [-0.39, 0.29) is 0 Å². The van der Waals surface area contributed by atoms with Gasteiger partial charge in [-0.1, -0.05) is 29.8 Å². The van der Waals surface area contributed by atoms with Crippen molar-refractivity contribution >= 4 is 28.7 Å². The van der Waals surface area contributed by atoms with Crippen molar-refractivity contribution in [2.24, 2.45) is 0 Å². The van der Waals surface area contributed by atoms with Crippen LogP contribution in [-0.2, 0) is 0 Å². The summed E-state index contributed by atoms with van der Waals surface area (Å²) < 4.78 is 0. The van der Waals surface area contributed by atoms with Crippen molar-refractivity contribution in [1.29, 1.82) is 0 Å². The first-order chi connectivity index (χ1) is 8.09.